The minimum absolute atomic E-state index is 0.109. The summed E-state index contributed by atoms with van der Waals surface area (Å²) in [6.07, 6.45) is 6.65. The van der Waals surface area contributed by atoms with Gasteiger partial charge in [-0.2, -0.15) is 0 Å². The molecule has 0 fully saturated rings. The average Bonchev–Trinajstić information content (AvgIpc) is 3.04. The molecule has 0 aliphatic heterocycles. The summed E-state index contributed by atoms with van der Waals surface area (Å²) in [5.74, 6) is 0.697. The number of nitrogens with zero attached hydrogens (tertiary/aromatic N) is 2. The van der Waals surface area contributed by atoms with Crippen LogP contribution in [-0.2, 0) is 24.8 Å². The van der Waals surface area contributed by atoms with Crippen LogP contribution in [0.2, 0.25) is 0 Å². The molecule has 3 rings (SSSR count). The number of aryl methyl sites for hydroxylation is 1. The van der Waals surface area contributed by atoms with Gasteiger partial charge in [-0.15, -0.1) is 0 Å². The second-order valence-electron chi connectivity index (χ2n) is 7.49. The van der Waals surface area contributed by atoms with Crippen LogP contribution in [0.5, 0.6) is 5.75 Å². The maximum Gasteiger partial charge on any atom is 0.244 e. The van der Waals surface area contributed by atoms with Gasteiger partial charge in [0.2, 0.25) is 5.91 Å². The Kier molecular flexibility index (Phi) is 6.73. The largest absolute Gasteiger partial charge is 0.497 e. The number of nitrogens with one attached hydrogen (secondary N) is 1. The van der Waals surface area contributed by atoms with E-state index in [1.54, 1.807) is 13.2 Å². The van der Waals surface area contributed by atoms with Gasteiger partial charge in [-0.1, -0.05) is 18.2 Å². The minimum atomic E-state index is -0.109. The lowest BCUT2D eigenvalue weighted by atomic mass is 10.1. The molecule has 5 heteroatoms. The van der Waals surface area contributed by atoms with Crippen molar-refractivity contribution in [2.24, 2.45) is 7.05 Å². The van der Waals surface area contributed by atoms with Crippen LogP contribution >= 0.6 is 0 Å². The molecule has 0 unspecified atom stereocenters. The molecule has 0 atom stereocenters. The number of hydrogen-bond acceptors (Lipinski definition) is 3. The maximum absolute atomic E-state index is 12.2. The molecule has 0 bridgehead atoms. The Hall–Kier alpha value is -3.05. The van der Waals surface area contributed by atoms with Crippen molar-refractivity contribution in [2.45, 2.75) is 13.0 Å². The number of ether oxygens (including phenoxy) is 1. The predicted molar refractivity (Wildman–Crippen MR) is 119 cm³/mol. The highest BCUT2D eigenvalue weighted by Crippen LogP contribution is 2.23. The molecule has 0 aliphatic rings. The van der Waals surface area contributed by atoms with E-state index in [2.05, 4.69) is 54.3 Å². The lowest BCUT2D eigenvalue weighted by Gasteiger charge is -2.08. The van der Waals surface area contributed by atoms with Crippen LogP contribution in [0.1, 0.15) is 16.7 Å². The third kappa shape index (κ3) is 5.48. The van der Waals surface area contributed by atoms with Gasteiger partial charge in [0.05, 0.1) is 7.11 Å². The zero-order chi connectivity index (χ0) is 20.8. The molecule has 1 amide bonds. The highest BCUT2D eigenvalue weighted by atomic mass is 16.5. The molecule has 0 radical (unpaired) electrons. The number of carbonyl (C=O) groups excluding carboxylic acids is 1. The van der Waals surface area contributed by atoms with Crippen LogP contribution in [0.3, 0.4) is 0 Å². The smallest absolute Gasteiger partial charge is 0.244 e. The van der Waals surface area contributed by atoms with Crippen molar-refractivity contribution >= 4 is 22.9 Å². The van der Waals surface area contributed by atoms with E-state index >= 15 is 0 Å². The zero-order valence-electron chi connectivity index (χ0n) is 17.6. The van der Waals surface area contributed by atoms with E-state index in [1.807, 2.05) is 36.4 Å². The summed E-state index contributed by atoms with van der Waals surface area (Å²) in [7, 11) is 7.89. The van der Waals surface area contributed by atoms with Gasteiger partial charge >= 0.3 is 0 Å². The van der Waals surface area contributed by atoms with E-state index in [4.69, 9.17) is 4.74 Å². The first-order chi connectivity index (χ1) is 14.0. The van der Waals surface area contributed by atoms with E-state index in [-0.39, 0.29) is 5.91 Å². The summed E-state index contributed by atoms with van der Waals surface area (Å²) in [6, 6.07) is 14.0. The van der Waals surface area contributed by atoms with Crippen molar-refractivity contribution in [1.29, 1.82) is 0 Å². The molecule has 1 aromatic heterocycles. The normalized spacial score (nSPS) is 11.5. The lowest BCUT2D eigenvalue weighted by Crippen LogP contribution is -2.20. The standard InChI is InChI=1S/C24H29N3O2/c1-26(2)14-13-20-17-27(3)23-11-7-18(15-22(20)23)8-12-24(28)25-16-19-5-9-21(29-4)10-6-19/h5-12,15,17H,13-14,16H2,1-4H3,(H,25,28)/b12-8+. The van der Waals surface area contributed by atoms with Crippen LogP contribution in [0.4, 0.5) is 0 Å². The number of aromatic nitrogens is 1. The predicted octanol–water partition coefficient (Wildman–Crippen LogP) is 3.62. The minimum Gasteiger partial charge on any atom is -0.497 e. The van der Waals surface area contributed by atoms with Crippen LogP contribution in [-0.4, -0.2) is 43.1 Å². The topological polar surface area (TPSA) is 46.5 Å². The fraction of sp³-hybridized carbons (Fsp3) is 0.292. The third-order valence-corrected chi connectivity index (χ3v) is 4.98. The van der Waals surface area contributed by atoms with Crippen molar-refractivity contribution in [1.82, 2.24) is 14.8 Å². The number of fused-ring (bicyclic) bond motifs is 1. The molecule has 3 aromatic rings. The zero-order valence-corrected chi connectivity index (χ0v) is 17.6. The van der Waals surface area contributed by atoms with Crippen molar-refractivity contribution < 1.29 is 9.53 Å². The quantitative estimate of drug-likeness (QED) is 0.597. The fourth-order valence-electron chi connectivity index (χ4n) is 3.30. The number of carbonyl (C=O) groups is 1. The monoisotopic (exact) mass is 391 g/mol. The number of benzene rings is 2. The highest BCUT2D eigenvalue weighted by molar-refractivity contribution is 5.93. The Morgan fingerprint density at radius 3 is 2.62 bits per heavy atom. The van der Waals surface area contributed by atoms with Crippen LogP contribution in [0.25, 0.3) is 17.0 Å². The Morgan fingerprint density at radius 2 is 1.93 bits per heavy atom. The molecule has 0 spiro atoms. The molecule has 2 aromatic carbocycles. The van der Waals surface area contributed by atoms with E-state index in [0.717, 1.165) is 29.8 Å². The molecule has 1 N–H and O–H groups in total. The van der Waals surface area contributed by atoms with Gasteiger partial charge in [0.25, 0.3) is 0 Å². The van der Waals surface area contributed by atoms with Crippen LogP contribution in [0.15, 0.2) is 54.7 Å². The van der Waals surface area contributed by atoms with Gasteiger partial charge in [-0.05, 0) is 67.5 Å². The van der Waals surface area contributed by atoms with E-state index in [1.165, 1.54) is 16.5 Å². The lowest BCUT2D eigenvalue weighted by molar-refractivity contribution is -0.116. The van der Waals surface area contributed by atoms with Gasteiger partial charge in [0.15, 0.2) is 0 Å². The number of likely N-dealkylation sites (N-methyl/N-ethyl adjacent to an activating group) is 1. The molecular weight excluding hydrogens is 362 g/mol. The first kappa shape index (κ1) is 20.7. The number of methoxy groups -OCH3 is 1. The Morgan fingerprint density at radius 1 is 1.17 bits per heavy atom. The summed E-state index contributed by atoms with van der Waals surface area (Å²) >= 11 is 0. The summed E-state index contributed by atoms with van der Waals surface area (Å²) in [5.41, 5.74) is 4.59. The van der Waals surface area contributed by atoms with Crippen molar-refractivity contribution in [3.05, 3.63) is 71.4 Å². The number of amides is 1. The first-order valence-electron chi connectivity index (χ1n) is 9.78. The molecule has 1 heterocycles. The SMILES string of the molecule is COc1ccc(CNC(=O)/C=C/c2ccc3c(c2)c(CCN(C)C)cn3C)cc1. The number of hydrogen-bond donors (Lipinski definition) is 1. The molecule has 5 nitrogen and oxygen atoms in total. The molecule has 29 heavy (non-hydrogen) atoms. The van der Waals surface area contributed by atoms with E-state index < -0.39 is 0 Å². The van der Waals surface area contributed by atoms with E-state index in [9.17, 15) is 4.79 Å². The molecule has 0 aliphatic carbocycles. The average molecular weight is 392 g/mol. The van der Waals surface area contributed by atoms with Crippen molar-refractivity contribution in [2.75, 3.05) is 27.7 Å². The van der Waals surface area contributed by atoms with Crippen molar-refractivity contribution in [3.8, 4) is 5.75 Å². The van der Waals surface area contributed by atoms with Gasteiger partial charge in [0, 0.05) is 43.3 Å². The molecular formula is C24H29N3O2. The van der Waals surface area contributed by atoms with Gasteiger partial charge < -0.3 is 19.5 Å². The Labute approximate surface area is 172 Å². The summed E-state index contributed by atoms with van der Waals surface area (Å²) in [5, 5.41) is 4.16. The second kappa shape index (κ2) is 9.43. The van der Waals surface area contributed by atoms with E-state index in [0.29, 0.717) is 6.54 Å². The summed E-state index contributed by atoms with van der Waals surface area (Å²) < 4.78 is 7.31. The Balaban J connectivity index is 1.65. The summed E-state index contributed by atoms with van der Waals surface area (Å²) in [6.45, 7) is 1.49. The third-order valence-electron chi connectivity index (χ3n) is 4.98. The molecule has 0 saturated heterocycles. The second-order valence-corrected chi connectivity index (χ2v) is 7.49. The highest BCUT2D eigenvalue weighted by Gasteiger charge is 2.07. The Bertz CT molecular complexity index is 1000. The van der Waals surface area contributed by atoms with Gasteiger partial charge in [-0.25, -0.2) is 0 Å². The fourth-order valence-corrected chi connectivity index (χ4v) is 3.30. The van der Waals surface area contributed by atoms with Crippen LogP contribution < -0.4 is 10.1 Å². The van der Waals surface area contributed by atoms with Crippen LogP contribution in [0, 0.1) is 0 Å². The number of rotatable bonds is 8. The maximum atomic E-state index is 12.2. The first-order valence-corrected chi connectivity index (χ1v) is 9.78. The summed E-state index contributed by atoms with van der Waals surface area (Å²) in [4.78, 5) is 14.4. The van der Waals surface area contributed by atoms with Gasteiger partial charge in [0.1, 0.15) is 5.75 Å². The van der Waals surface area contributed by atoms with Crippen molar-refractivity contribution in [3.63, 3.8) is 0 Å². The van der Waals surface area contributed by atoms with Gasteiger partial charge in [-0.3, -0.25) is 4.79 Å². The molecule has 0 saturated carbocycles. The molecule has 152 valence electrons.